The lowest BCUT2D eigenvalue weighted by Gasteiger charge is -2.29. The van der Waals surface area contributed by atoms with E-state index in [0.717, 1.165) is 25.4 Å². The molecule has 1 heterocycles. The summed E-state index contributed by atoms with van der Waals surface area (Å²) in [6, 6.07) is 0.517. The third-order valence-electron chi connectivity index (χ3n) is 3.74. The molecule has 2 fully saturated rings. The van der Waals surface area contributed by atoms with Gasteiger partial charge in [-0.05, 0) is 45.4 Å². The van der Waals surface area contributed by atoms with Gasteiger partial charge in [-0.2, -0.15) is 0 Å². The van der Waals surface area contributed by atoms with E-state index in [4.69, 9.17) is 9.84 Å². The first kappa shape index (κ1) is 12.8. The number of nitrogens with zero attached hydrogens (tertiary/aromatic N) is 1. The molecule has 1 aliphatic heterocycles. The second kappa shape index (κ2) is 5.36. The molecule has 17 heavy (non-hydrogen) atoms. The van der Waals surface area contributed by atoms with Crippen molar-refractivity contribution < 1.29 is 14.6 Å². The average molecular weight is 241 g/mol. The molecule has 0 amide bonds. The van der Waals surface area contributed by atoms with E-state index in [-0.39, 0.29) is 6.10 Å². The highest BCUT2D eigenvalue weighted by Gasteiger charge is 2.33. The van der Waals surface area contributed by atoms with Crippen molar-refractivity contribution in [2.24, 2.45) is 5.92 Å². The highest BCUT2D eigenvalue weighted by molar-refractivity contribution is 5.72. The van der Waals surface area contributed by atoms with Gasteiger partial charge in [0.2, 0.25) is 0 Å². The first-order valence-corrected chi connectivity index (χ1v) is 6.68. The molecule has 1 aliphatic carbocycles. The number of aliphatic carboxylic acids is 1. The Hall–Kier alpha value is -0.610. The van der Waals surface area contributed by atoms with E-state index in [1.807, 2.05) is 0 Å². The van der Waals surface area contributed by atoms with Crippen molar-refractivity contribution >= 4 is 5.97 Å². The fourth-order valence-electron chi connectivity index (χ4n) is 2.41. The Kier molecular flexibility index (Phi) is 4.05. The van der Waals surface area contributed by atoms with Crippen molar-refractivity contribution in [3.63, 3.8) is 0 Å². The van der Waals surface area contributed by atoms with Gasteiger partial charge < -0.3 is 9.84 Å². The number of hydrogen-bond donors (Lipinski definition) is 1. The van der Waals surface area contributed by atoms with Gasteiger partial charge in [0, 0.05) is 19.1 Å². The van der Waals surface area contributed by atoms with E-state index < -0.39 is 12.1 Å². The summed E-state index contributed by atoms with van der Waals surface area (Å²) < 4.78 is 5.56. The summed E-state index contributed by atoms with van der Waals surface area (Å²) in [5, 5.41) is 8.89. The molecule has 0 aromatic rings. The maximum Gasteiger partial charge on any atom is 0.332 e. The predicted octanol–water partition coefficient (Wildman–Crippen LogP) is 1.74. The summed E-state index contributed by atoms with van der Waals surface area (Å²) in [7, 11) is 0. The van der Waals surface area contributed by atoms with Crippen molar-refractivity contribution in [1.29, 1.82) is 0 Å². The van der Waals surface area contributed by atoms with Crippen molar-refractivity contribution in [1.82, 2.24) is 4.90 Å². The molecule has 0 spiro atoms. The number of hydrogen-bond acceptors (Lipinski definition) is 3. The van der Waals surface area contributed by atoms with Crippen LogP contribution in [0.2, 0.25) is 0 Å². The van der Waals surface area contributed by atoms with Gasteiger partial charge in [-0.25, -0.2) is 4.79 Å². The molecule has 4 heteroatoms. The van der Waals surface area contributed by atoms with Crippen molar-refractivity contribution in [2.45, 2.75) is 57.8 Å². The standard InChI is InChI=1S/C13H23NO3/c1-9(2)14(7-10-3-4-10)8-11-5-6-12(17-11)13(15)16/h9-12H,3-8H2,1-2H3,(H,15,16). The topological polar surface area (TPSA) is 49.8 Å². The highest BCUT2D eigenvalue weighted by Crippen LogP contribution is 2.31. The molecule has 2 unspecified atom stereocenters. The second-order valence-corrected chi connectivity index (χ2v) is 5.65. The first-order valence-electron chi connectivity index (χ1n) is 6.68. The van der Waals surface area contributed by atoms with Crippen LogP contribution in [0.15, 0.2) is 0 Å². The molecule has 2 aliphatic rings. The zero-order chi connectivity index (χ0) is 12.4. The maximum atomic E-state index is 10.8. The largest absolute Gasteiger partial charge is 0.479 e. The minimum Gasteiger partial charge on any atom is -0.479 e. The van der Waals surface area contributed by atoms with Crippen LogP contribution < -0.4 is 0 Å². The molecular formula is C13H23NO3. The SMILES string of the molecule is CC(C)N(CC1CC1)CC1CCC(C(=O)O)O1. The fraction of sp³-hybridized carbons (Fsp3) is 0.923. The summed E-state index contributed by atoms with van der Waals surface area (Å²) in [5.74, 6) is 0.0554. The van der Waals surface area contributed by atoms with Crippen LogP contribution in [0.3, 0.4) is 0 Å². The molecule has 2 rings (SSSR count). The van der Waals surface area contributed by atoms with Crippen LogP contribution in [0, 0.1) is 5.92 Å². The van der Waals surface area contributed by atoms with Crippen LogP contribution in [-0.2, 0) is 9.53 Å². The minimum atomic E-state index is -0.814. The zero-order valence-corrected chi connectivity index (χ0v) is 10.8. The van der Waals surface area contributed by atoms with E-state index in [1.54, 1.807) is 0 Å². The lowest BCUT2D eigenvalue weighted by Crippen LogP contribution is -2.39. The van der Waals surface area contributed by atoms with Crippen molar-refractivity contribution in [2.75, 3.05) is 13.1 Å². The lowest BCUT2D eigenvalue weighted by atomic mass is 10.1. The summed E-state index contributed by atoms with van der Waals surface area (Å²) in [5.41, 5.74) is 0. The van der Waals surface area contributed by atoms with E-state index in [9.17, 15) is 4.79 Å². The third-order valence-corrected chi connectivity index (χ3v) is 3.74. The Bertz CT molecular complexity index is 276. The Labute approximate surface area is 103 Å². The second-order valence-electron chi connectivity index (χ2n) is 5.65. The zero-order valence-electron chi connectivity index (χ0n) is 10.8. The number of rotatable bonds is 6. The Balaban J connectivity index is 1.79. The molecule has 1 saturated carbocycles. The van der Waals surface area contributed by atoms with Gasteiger partial charge in [-0.3, -0.25) is 4.90 Å². The van der Waals surface area contributed by atoms with Crippen LogP contribution in [0.1, 0.15) is 39.5 Å². The van der Waals surface area contributed by atoms with Gasteiger partial charge >= 0.3 is 5.97 Å². The summed E-state index contributed by atoms with van der Waals surface area (Å²) >= 11 is 0. The molecular weight excluding hydrogens is 218 g/mol. The smallest absolute Gasteiger partial charge is 0.332 e. The predicted molar refractivity (Wildman–Crippen MR) is 65.0 cm³/mol. The quantitative estimate of drug-likeness (QED) is 0.769. The first-order chi connectivity index (χ1) is 8.06. The Morgan fingerprint density at radius 1 is 1.29 bits per heavy atom. The summed E-state index contributed by atoms with van der Waals surface area (Å²) in [6.45, 7) is 6.44. The molecule has 2 atom stereocenters. The fourth-order valence-corrected chi connectivity index (χ4v) is 2.41. The van der Waals surface area contributed by atoms with Crippen LogP contribution in [0.25, 0.3) is 0 Å². The van der Waals surface area contributed by atoms with Crippen LogP contribution in [0.4, 0.5) is 0 Å². The van der Waals surface area contributed by atoms with Crippen molar-refractivity contribution in [3.05, 3.63) is 0 Å². The molecule has 1 N–H and O–H groups in total. The van der Waals surface area contributed by atoms with Crippen molar-refractivity contribution in [3.8, 4) is 0 Å². The molecule has 0 aromatic carbocycles. The van der Waals surface area contributed by atoms with E-state index in [1.165, 1.54) is 12.8 Å². The number of carboxylic acids is 1. The monoisotopic (exact) mass is 241 g/mol. The lowest BCUT2D eigenvalue weighted by molar-refractivity contribution is -0.149. The van der Waals surface area contributed by atoms with E-state index >= 15 is 0 Å². The number of carbonyl (C=O) groups is 1. The van der Waals surface area contributed by atoms with Gasteiger partial charge in [-0.15, -0.1) is 0 Å². The van der Waals surface area contributed by atoms with Gasteiger partial charge in [0.1, 0.15) is 0 Å². The Morgan fingerprint density at radius 2 is 2.00 bits per heavy atom. The molecule has 0 bridgehead atoms. The average Bonchev–Trinajstić information content (AvgIpc) is 2.93. The Morgan fingerprint density at radius 3 is 2.47 bits per heavy atom. The van der Waals surface area contributed by atoms with Crippen LogP contribution in [0.5, 0.6) is 0 Å². The van der Waals surface area contributed by atoms with E-state index in [2.05, 4.69) is 18.7 Å². The van der Waals surface area contributed by atoms with Crippen LogP contribution >= 0.6 is 0 Å². The van der Waals surface area contributed by atoms with Gasteiger partial charge in [0.15, 0.2) is 6.10 Å². The minimum absolute atomic E-state index is 0.109. The molecule has 98 valence electrons. The van der Waals surface area contributed by atoms with E-state index in [0.29, 0.717) is 12.5 Å². The molecule has 0 radical (unpaired) electrons. The van der Waals surface area contributed by atoms with Gasteiger partial charge in [0.25, 0.3) is 0 Å². The molecule has 1 saturated heterocycles. The van der Waals surface area contributed by atoms with Gasteiger partial charge in [-0.1, -0.05) is 0 Å². The van der Waals surface area contributed by atoms with Crippen LogP contribution in [-0.4, -0.2) is 47.3 Å². The highest BCUT2D eigenvalue weighted by atomic mass is 16.5. The van der Waals surface area contributed by atoms with Gasteiger partial charge in [0.05, 0.1) is 6.10 Å². The summed E-state index contributed by atoms with van der Waals surface area (Å²) in [6.07, 6.45) is 3.78. The molecule has 4 nitrogen and oxygen atoms in total. The normalized spacial score (nSPS) is 29.2. The number of carboxylic acid groups (broad SMARTS) is 1. The summed E-state index contributed by atoms with van der Waals surface area (Å²) in [4.78, 5) is 13.3. The maximum absolute atomic E-state index is 10.8. The number of ether oxygens (including phenoxy) is 1. The molecule has 0 aromatic heterocycles. The third kappa shape index (κ3) is 3.68.